The van der Waals surface area contributed by atoms with Gasteiger partial charge in [0.25, 0.3) is 0 Å². The van der Waals surface area contributed by atoms with Crippen LogP contribution in [0.25, 0.3) is 0 Å². The van der Waals surface area contributed by atoms with Crippen molar-refractivity contribution in [2.45, 2.75) is 12.2 Å². The van der Waals surface area contributed by atoms with Crippen LogP contribution in [0.1, 0.15) is 17.2 Å². The zero-order valence-electron chi connectivity index (χ0n) is 8.48. The van der Waals surface area contributed by atoms with E-state index in [1.807, 2.05) is 0 Å². The molecule has 0 spiro atoms. The largest absolute Gasteiger partial charge is 0.416 e. The summed E-state index contributed by atoms with van der Waals surface area (Å²) in [5.74, 6) is 0. The predicted molar refractivity (Wildman–Crippen MR) is 57.5 cm³/mol. The maximum Gasteiger partial charge on any atom is 0.416 e. The fraction of sp³-hybridized carbons (Fsp3) is 0.333. The van der Waals surface area contributed by atoms with Crippen molar-refractivity contribution >= 4 is 12.4 Å². The summed E-state index contributed by atoms with van der Waals surface area (Å²) in [7, 11) is 0. The molecule has 0 amide bonds. The van der Waals surface area contributed by atoms with Gasteiger partial charge in [-0.1, -0.05) is 12.1 Å². The van der Waals surface area contributed by atoms with E-state index in [1.165, 1.54) is 12.1 Å². The maximum absolute atomic E-state index is 12.3. The minimum absolute atomic E-state index is 0. The molecule has 0 aliphatic carbocycles. The van der Waals surface area contributed by atoms with Gasteiger partial charge in [-0.3, -0.25) is 10.1 Å². The average molecular weight is 271 g/mol. The normalized spacial score (nSPS) is 12.7. The molecule has 17 heavy (non-hydrogen) atoms. The second-order valence-electron chi connectivity index (χ2n) is 3.25. The van der Waals surface area contributed by atoms with Crippen LogP contribution >= 0.6 is 12.4 Å². The Morgan fingerprint density at radius 2 is 2.00 bits per heavy atom. The topological polar surface area (TPSA) is 69.2 Å². The van der Waals surface area contributed by atoms with Gasteiger partial charge in [-0.25, -0.2) is 0 Å². The van der Waals surface area contributed by atoms with Gasteiger partial charge in [0.1, 0.15) is 0 Å². The first-order valence-electron chi connectivity index (χ1n) is 4.35. The molecule has 0 saturated carbocycles. The molecule has 0 radical (unpaired) electrons. The summed E-state index contributed by atoms with van der Waals surface area (Å²) in [4.78, 5) is 9.51. The van der Waals surface area contributed by atoms with Crippen molar-refractivity contribution in [3.05, 3.63) is 45.5 Å². The lowest BCUT2D eigenvalue weighted by atomic mass is 10.0. The third-order valence-corrected chi connectivity index (χ3v) is 1.99. The first kappa shape index (κ1) is 15.7. The number of rotatable bonds is 3. The predicted octanol–water partition coefficient (Wildman–Crippen LogP) is 2.40. The Hall–Kier alpha value is -1.34. The number of hydrogen-bond donors (Lipinski definition) is 1. The van der Waals surface area contributed by atoms with E-state index in [2.05, 4.69) is 0 Å². The summed E-state index contributed by atoms with van der Waals surface area (Å²) >= 11 is 0. The van der Waals surface area contributed by atoms with Crippen LogP contribution in [0.2, 0.25) is 0 Å². The number of nitro groups is 1. The molecule has 0 aromatic heterocycles. The minimum Gasteiger partial charge on any atom is -0.319 e. The monoisotopic (exact) mass is 270 g/mol. The van der Waals surface area contributed by atoms with E-state index in [4.69, 9.17) is 5.73 Å². The van der Waals surface area contributed by atoms with Crippen LogP contribution in [0, 0.1) is 10.1 Å². The average Bonchev–Trinajstić information content (AvgIpc) is 2.15. The summed E-state index contributed by atoms with van der Waals surface area (Å²) < 4.78 is 37.0. The number of nitrogens with zero attached hydrogens (tertiary/aromatic N) is 1. The molecule has 2 N–H and O–H groups in total. The van der Waals surface area contributed by atoms with Crippen LogP contribution in [0.5, 0.6) is 0 Å². The highest BCUT2D eigenvalue weighted by atomic mass is 35.5. The zero-order chi connectivity index (χ0) is 12.3. The van der Waals surface area contributed by atoms with Crippen molar-refractivity contribution in [2.75, 3.05) is 6.54 Å². The zero-order valence-corrected chi connectivity index (χ0v) is 9.29. The molecular formula is C9H10ClF3N2O2. The lowest BCUT2D eigenvalue weighted by molar-refractivity contribution is -0.483. The Labute approximate surface area is 101 Å². The van der Waals surface area contributed by atoms with Gasteiger partial charge in [0.05, 0.1) is 11.6 Å². The van der Waals surface area contributed by atoms with Crippen LogP contribution in [-0.4, -0.2) is 11.5 Å². The van der Waals surface area contributed by atoms with Gasteiger partial charge in [0.15, 0.2) is 0 Å². The Balaban J connectivity index is 0.00000256. The molecule has 0 bridgehead atoms. The van der Waals surface area contributed by atoms with Crippen molar-refractivity contribution < 1.29 is 18.1 Å². The Kier molecular flexibility index (Phi) is 5.37. The molecule has 0 fully saturated rings. The lowest BCUT2D eigenvalue weighted by Gasteiger charge is -2.11. The van der Waals surface area contributed by atoms with Gasteiger partial charge in [0, 0.05) is 4.92 Å². The van der Waals surface area contributed by atoms with E-state index in [-0.39, 0.29) is 18.0 Å². The molecule has 1 aromatic carbocycles. The van der Waals surface area contributed by atoms with Gasteiger partial charge in [0.2, 0.25) is 6.54 Å². The van der Waals surface area contributed by atoms with E-state index >= 15 is 0 Å². The summed E-state index contributed by atoms with van der Waals surface area (Å²) in [6.45, 7) is -0.596. The van der Waals surface area contributed by atoms with Gasteiger partial charge in [-0.2, -0.15) is 13.2 Å². The van der Waals surface area contributed by atoms with Crippen LogP contribution in [0.4, 0.5) is 13.2 Å². The summed E-state index contributed by atoms with van der Waals surface area (Å²) in [5, 5.41) is 10.2. The second-order valence-corrected chi connectivity index (χ2v) is 3.25. The molecule has 0 aliphatic rings. The molecule has 0 aliphatic heterocycles. The molecule has 1 atom stereocenters. The van der Waals surface area contributed by atoms with Gasteiger partial charge >= 0.3 is 6.18 Å². The van der Waals surface area contributed by atoms with E-state index < -0.39 is 29.2 Å². The number of halogens is 4. The maximum atomic E-state index is 12.3. The van der Waals surface area contributed by atoms with Crippen molar-refractivity contribution in [3.63, 3.8) is 0 Å². The van der Waals surface area contributed by atoms with Crippen molar-refractivity contribution in [2.24, 2.45) is 5.73 Å². The number of hydrogen-bond acceptors (Lipinski definition) is 3. The van der Waals surface area contributed by atoms with E-state index in [1.54, 1.807) is 0 Å². The van der Waals surface area contributed by atoms with E-state index in [0.717, 1.165) is 12.1 Å². The first-order chi connectivity index (χ1) is 7.30. The van der Waals surface area contributed by atoms with Crippen LogP contribution in [-0.2, 0) is 6.18 Å². The molecule has 0 saturated heterocycles. The lowest BCUT2D eigenvalue weighted by Crippen LogP contribution is -2.21. The summed E-state index contributed by atoms with van der Waals surface area (Å²) in [6, 6.07) is 3.20. The first-order valence-corrected chi connectivity index (χ1v) is 4.35. The highest BCUT2D eigenvalue weighted by Crippen LogP contribution is 2.30. The van der Waals surface area contributed by atoms with Gasteiger partial charge in [-0.05, 0) is 17.7 Å². The number of nitrogens with two attached hydrogens (primary N) is 1. The second kappa shape index (κ2) is 5.83. The third-order valence-electron chi connectivity index (χ3n) is 1.99. The highest BCUT2D eigenvalue weighted by Gasteiger charge is 2.31. The number of alkyl halides is 3. The highest BCUT2D eigenvalue weighted by molar-refractivity contribution is 5.85. The van der Waals surface area contributed by atoms with Crippen molar-refractivity contribution in [1.82, 2.24) is 0 Å². The van der Waals surface area contributed by atoms with Crippen molar-refractivity contribution in [3.8, 4) is 0 Å². The van der Waals surface area contributed by atoms with E-state index in [0.29, 0.717) is 0 Å². The standard InChI is InChI=1S/C9H9F3N2O2.ClH/c10-9(11,12)7-3-1-2-6(4-7)8(13)5-14(15)16;/h1-4,8H,5,13H2;1H. The molecule has 1 unspecified atom stereocenters. The van der Waals surface area contributed by atoms with E-state index in [9.17, 15) is 23.3 Å². The smallest absolute Gasteiger partial charge is 0.319 e. The van der Waals surface area contributed by atoms with Crippen LogP contribution < -0.4 is 5.73 Å². The Bertz CT molecular complexity index is 398. The fourth-order valence-electron chi connectivity index (χ4n) is 1.21. The SMILES string of the molecule is Cl.NC(C[N+](=O)[O-])c1cccc(C(F)(F)F)c1. The van der Waals surface area contributed by atoms with Crippen LogP contribution in [0.15, 0.2) is 24.3 Å². The molecule has 1 aromatic rings. The third kappa shape index (κ3) is 4.58. The minimum atomic E-state index is -4.47. The fourth-order valence-corrected chi connectivity index (χ4v) is 1.21. The van der Waals surface area contributed by atoms with Crippen molar-refractivity contribution in [1.29, 1.82) is 0 Å². The quantitative estimate of drug-likeness (QED) is 0.677. The molecule has 0 heterocycles. The number of benzene rings is 1. The summed E-state index contributed by atoms with van der Waals surface area (Å²) in [5.41, 5.74) is 4.64. The molecule has 1 rings (SSSR count). The Morgan fingerprint density at radius 1 is 1.41 bits per heavy atom. The van der Waals surface area contributed by atoms with Gasteiger partial charge < -0.3 is 5.73 Å². The Morgan fingerprint density at radius 3 is 2.47 bits per heavy atom. The summed E-state index contributed by atoms with van der Waals surface area (Å²) in [6.07, 6.45) is -4.47. The molecular weight excluding hydrogens is 261 g/mol. The molecule has 4 nitrogen and oxygen atoms in total. The van der Waals surface area contributed by atoms with Crippen LogP contribution in [0.3, 0.4) is 0 Å². The molecule has 8 heteroatoms. The molecule has 96 valence electrons. The van der Waals surface area contributed by atoms with Gasteiger partial charge in [-0.15, -0.1) is 12.4 Å².